The van der Waals surface area contributed by atoms with Gasteiger partial charge in [-0.25, -0.2) is 4.99 Å². The lowest BCUT2D eigenvalue weighted by molar-refractivity contribution is 0.0670. The number of guanidine groups is 1. The van der Waals surface area contributed by atoms with Crippen LogP contribution in [0.1, 0.15) is 18.9 Å². The molecule has 0 bridgehead atoms. The second kappa shape index (κ2) is 5.16. The third kappa shape index (κ3) is 2.76. The quantitative estimate of drug-likeness (QED) is 0.646. The first-order valence-corrected chi connectivity index (χ1v) is 6.41. The zero-order chi connectivity index (χ0) is 13.2. The second-order valence-electron chi connectivity index (χ2n) is 4.77. The van der Waals surface area contributed by atoms with Gasteiger partial charge in [-0.3, -0.25) is 0 Å². The molecule has 98 valence electrons. The van der Waals surface area contributed by atoms with E-state index < -0.39 is 5.60 Å². The fourth-order valence-electron chi connectivity index (χ4n) is 1.86. The van der Waals surface area contributed by atoms with Gasteiger partial charge in [-0.05, 0) is 19.4 Å². The third-order valence-electron chi connectivity index (χ3n) is 3.18. The van der Waals surface area contributed by atoms with Gasteiger partial charge in [0.05, 0.1) is 6.54 Å². The van der Waals surface area contributed by atoms with Crippen LogP contribution in [0.15, 0.2) is 29.3 Å². The molecule has 4 nitrogen and oxygen atoms in total. The first-order valence-electron chi connectivity index (χ1n) is 6.03. The lowest BCUT2D eigenvalue weighted by atomic mass is 9.96. The van der Waals surface area contributed by atoms with Gasteiger partial charge in [0.15, 0.2) is 5.96 Å². The van der Waals surface area contributed by atoms with E-state index >= 15 is 0 Å². The van der Waals surface area contributed by atoms with E-state index in [4.69, 9.17) is 17.3 Å². The molecule has 0 saturated carbocycles. The van der Waals surface area contributed by atoms with Gasteiger partial charge in [-0.15, -0.1) is 0 Å². The maximum absolute atomic E-state index is 10.4. The lowest BCUT2D eigenvalue weighted by Crippen LogP contribution is -2.47. The minimum absolute atomic E-state index is 0.207. The van der Waals surface area contributed by atoms with Crippen LogP contribution in [0.25, 0.3) is 0 Å². The van der Waals surface area contributed by atoms with Gasteiger partial charge in [-0.1, -0.05) is 29.8 Å². The van der Waals surface area contributed by atoms with Crippen molar-refractivity contribution in [2.24, 2.45) is 10.7 Å². The lowest BCUT2D eigenvalue weighted by Gasteiger charge is -2.32. The van der Waals surface area contributed by atoms with Crippen LogP contribution in [-0.4, -0.2) is 35.6 Å². The number of aliphatic hydroxyl groups is 1. The number of rotatable bonds is 3. The molecule has 0 spiro atoms. The number of halogens is 1. The average molecular weight is 268 g/mol. The van der Waals surface area contributed by atoms with E-state index in [0.717, 1.165) is 19.5 Å². The normalized spacial score (nSPS) is 19.3. The van der Waals surface area contributed by atoms with Crippen molar-refractivity contribution in [3.8, 4) is 0 Å². The van der Waals surface area contributed by atoms with E-state index in [0.29, 0.717) is 16.5 Å². The predicted octanol–water partition coefficient (Wildman–Crippen LogP) is 1.57. The Hall–Kier alpha value is -1.26. The molecule has 2 rings (SSSR count). The highest BCUT2D eigenvalue weighted by Gasteiger charge is 2.26. The molecule has 0 radical (unpaired) electrons. The SMILES string of the molecule is CC(O)(CN=C(N)N1CCC1)c1ccccc1Cl. The molecule has 1 heterocycles. The topological polar surface area (TPSA) is 61.9 Å². The number of nitrogens with zero attached hydrogens (tertiary/aromatic N) is 2. The van der Waals surface area contributed by atoms with Gasteiger partial charge in [0.2, 0.25) is 0 Å². The molecule has 3 N–H and O–H groups in total. The number of hydrogen-bond acceptors (Lipinski definition) is 2. The Kier molecular flexibility index (Phi) is 3.78. The summed E-state index contributed by atoms with van der Waals surface area (Å²) in [7, 11) is 0. The first kappa shape index (κ1) is 13.2. The highest BCUT2D eigenvalue weighted by molar-refractivity contribution is 6.31. The molecule has 18 heavy (non-hydrogen) atoms. The summed E-state index contributed by atoms with van der Waals surface area (Å²) in [5.74, 6) is 0.494. The molecule has 1 aliphatic heterocycles. The average Bonchev–Trinajstić information content (AvgIpc) is 2.24. The summed E-state index contributed by atoms with van der Waals surface area (Å²) in [5, 5.41) is 11.0. The molecule has 1 aromatic rings. The maximum atomic E-state index is 10.4. The Morgan fingerprint density at radius 3 is 2.72 bits per heavy atom. The zero-order valence-corrected chi connectivity index (χ0v) is 11.2. The van der Waals surface area contributed by atoms with Gasteiger partial charge in [0, 0.05) is 23.7 Å². The van der Waals surface area contributed by atoms with Gasteiger partial charge < -0.3 is 15.7 Å². The molecule has 1 aliphatic rings. The monoisotopic (exact) mass is 267 g/mol. The molecule has 0 aliphatic carbocycles. The fourth-order valence-corrected chi connectivity index (χ4v) is 2.20. The van der Waals surface area contributed by atoms with Crippen LogP contribution in [0.2, 0.25) is 5.02 Å². The molecule has 1 aromatic carbocycles. The highest BCUT2D eigenvalue weighted by Crippen LogP contribution is 2.28. The van der Waals surface area contributed by atoms with Crippen molar-refractivity contribution in [3.63, 3.8) is 0 Å². The van der Waals surface area contributed by atoms with Gasteiger partial charge in [0.1, 0.15) is 5.60 Å². The largest absolute Gasteiger partial charge is 0.383 e. The van der Waals surface area contributed by atoms with Crippen molar-refractivity contribution in [2.75, 3.05) is 19.6 Å². The summed E-state index contributed by atoms with van der Waals surface area (Å²) >= 11 is 6.07. The number of hydrogen-bond donors (Lipinski definition) is 2. The fraction of sp³-hybridized carbons (Fsp3) is 0.462. The van der Waals surface area contributed by atoms with Crippen LogP contribution in [0, 0.1) is 0 Å². The Labute approximate surface area is 112 Å². The van der Waals surface area contributed by atoms with Crippen LogP contribution in [0.5, 0.6) is 0 Å². The number of likely N-dealkylation sites (tertiary alicyclic amines) is 1. The van der Waals surface area contributed by atoms with Crippen LogP contribution in [0.4, 0.5) is 0 Å². The number of benzene rings is 1. The minimum Gasteiger partial charge on any atom is -0.383 e. The van der Waals surface area contributed by atoms with E-state index in [9.17, 15) is 5.11 Å². The van der Waals surface area contributed by atoms with Crippen LogP contribution in [-0.2, 0) is 5.60 Å². The Bertz CT molecular complexity index is 455. The molecular weight excluding hydrogens is 250 g/mol. The molecule has 1 unspecified atom stereocenters. The molecular formula is C13H18ClN3O. The Morgan fingerprint density at radius 1 is 1.50 bits per heavy atom. The molecule has 1 atom stereocenters. The predicted molar refractivity (Wildman–Crippen MR) is 73.7 cm³/mol. The minimum atomic E-state index is -1.10. The highest BCUT2D eigenvalue weighted by atomic mass is 35.5. The van der Waals surface area contributed by atoms with Gasteiger partial charge >= 0.3 is 0 Å². The van der Waals surface area contributed by atoms with Crippen LogP contribution < -0.4 is 5.73 Å². The molecule has 0 aromatic heterocycles. The summed E-state index contributed by atoms with van der Waals surface area (Å²) < 4.78 is 0. The van der Waals surface area contributed by atoms with Gasteiger partial charge in [0.25, 0.3) is 0 Å². The van der Waals surface area contributed by atoms with Crippen molar-refractivity contribution in [1.29, 1.82) is 0 Å². The maximum Gasteiger partial charge on any atom is 0.191 e. The molecule has 1 saturated heterocycles. The van der Waals surface area contributed by atoms with E-state index in [1.807, 2.05) is 17.0 Å². The summed E-state index contributed by atoms with van der Waals surface area (Å²) in [6.45, 7) is 3.80. The van der Waals surface area contributed by atoms with E-state index in [1.54, 1.807) is 19.1 Å². The van der Waals surface area contributed by atoms with Crippen molar-refractivity contribution in [2.45, 2.75) is 18.9 Å². The van der Waals surface area contributed by atoms with Gasteiger partial charge in [-0.2, -0.15) is 0 Å². The molecule has 5 heteroatoms. The molecule has 0 amide bonds. The number of nitrogens with two attached hydrogens (primary N) is 1. The summed E-state index contributed by atoms with van der Waals surface area (Å²) in [4.78, 5) is 6.24. The van der Waals surface area contributed by atoms with E-state index in [-0.39, 0.29) is 6.54 Å². The first-order chi connectivity index (χ1) is 8.50. The third-order valence-corrected chi connectivity index (χ3v) is 3.51. The zero-order valence-electron chi connectivity index (χ0n) is 10.4. The van der Waals surface area contributed by atoms with Crippen molar-refractivity contribution in [1.82, 2.24) is 4.90 Å². The van der Waals surface area contributed by atoms with Crippen molar-refractivity contribution in [3.05, 3.63) is 34.9 Å². The van der Waals surface area contributed by atoms with Crippen LogP contribution in [0.3, 0.4) is 0 Å². The Balaban J connectivity index is 2.09. The smallest absolute Gasteiger partial charge is 0.191 e. The summed E-state index contributed by atoms with van der Waals surface area (Å²) in [5.41, 5.74) is 5.40. The van der Waals surface area contributed by atoms with E-state index in [2.05, 4.69) is 4.99 Å². The van der Waals surface area contributed by atoms with E-state index in [1.165, 1.54) is 0 Å². The van der Waals surface area contributed by atoms with Crippen molar-refractivity contribution >= 4 is 17.6 Å². The second-order valence-corrected chi connectivity index (χ2v) is 5.18. The van der Waals surface area contributed by atoms with Crippen molar-refractivity contribution < 1.29 is 5.11 Å². The Morgan fingerprint density at radius 2 is 2.17 bits per heavy atom. The molecule has 1 fully saturated rings. The number of aliphatic imine (C=N–C) groups is 1. The van der Waals surface area contributed by atoms with Crippen LogP contribution >= 0.6 is 11.6 Å². The summed E-state index contributed by atoms with van der Waals surface area (Å²) in [6.07, 6.45) is 1.15. The standard InChI is InChI=1S/C13H18ClN3O/c1-13(18,10-5-2-3-6-11(10)14)9-16-12(15)17-7-4-8-17/h2-3,5-6,18H,4,7-9H2,1H3,(H2,15,16). The summed E-state index contributed by atoms with van der Waals surface area (Å²) in [6, 6.07) is 7.24.